The minimum atomic E-state index is -0.728. The van der Waals surface area contributed by atoms with E-state index in [2.05, 4.69) is 36.3 Å². The number of ether oxygens (including phenoxy) is 1. The number of benzene rings is 1. The highest BCUT2D eigenvalue weighted by molar-refractivity contribution is 9.10. The summed E-state index contributed by atoms with van der Waals surface area (Å²) in [6, 6.07) is 8.17. The van der Waals surface area contributed by atoms with Gasteiger partial charge in [0.15, 0.2) is 5.82 Å². The normalized spacial score (nSPS) is 14.7. The average Bonchev–Trinajstić information content (AvgIpc) is 3.15. The lowest BCUT2D eigenvalue weighted by molar-refractivity contribution is -0.119. The van der Waals surface area contributed by atoms with E-state index in [9.17, 15) is 9.18 Å². The number of rotatable bonds is 4. The fourth-order valence-corrected chi connectivity index (χ4v) is 4.00. The zero-order chi connectivity index (χ0) is 20.1. The van der Waals surface area contributed by atoms with Gasteiger partial charge in [-0.25, -0.2) is 19.0 Å². The van der Waals surface area contributed by atoms with Gasteiger partial charge in [0.25, 0.3) is 0 Å². The summed E-state index contributed by atoms with van der Waals surface area (Å²) in [7, 11) is 1.51. The molecule has 1 aromatic carbocycles. The molecule has 0 fully saturated rings. The van der Waals surface area contributed by atoms with Crippen LogP contribution in [0.3, 0.4) is 0 Å². The van der Waals surface area contributed by atoms with Gasteiger partial charge >= 0.3 is 0 Å². The number of fused-ring (bicyclic) bond motifs is 1. The summed E-state index contributed by atoms with van der Waals surface area (Å²) in [5.74, 6) is 0.770. The second kappa shape index (κ2) is 6.66. The number of methoxy groups -OCH3 is 1. The van der Waals surface area contributed by atoms with Crippen molar-refractivity contribution in [3.05, 3.63) is 51.9 Å². The van der Waals surface area contributed by atoms with E-state index in [0.29, 0.717) is 38.9 Å². The Hall–Kier alpha value is -2.81. The van der Waals surface area contributed by atoms with Gasteiger partial charge in [0, 0.05) is 17.2 Å². The molecular formula is C19H17BrFN5O2. The zero-order valence-corrected chi connectivity index (χ0v) is 17.0. The second-order valence-electron chi connectivity index (χ2n) is 6.96. The lowest BCUT2D eigenvalue weighted by Crippen LogP contribution is -2.27. The third kappa shape index (κ3) is 2.95. The Morgan fingerprint density at radius 1 is 1.29 bits per heavy atom. The van der Waals surface area contributed by atoms with Gasteiger partial charge in [-0.1, -0.05) is 18.2 Å². The number of halogens is 2. The van der Waals surface area contributed by atoms with Gasteiger partial charge in [-0.05, 0) is 35.8 Å². The van der Waals surface area contributed by atoms with Gasteiger partial charge in [-0.2, -0.15) is 5.10 Å². The first-order valence-corrected chi connectivity index (χ1v) is 9.35. The molecule has 1 aliphatic heterocycles. The summed E-state index contributed by atoms with van der Waals surface area (Å²) in [5.41, 5.74) is 0.921. The third-order valence-corrected chi connectivity index (χ3v) is 5.32. The maximum atomic E-state index is 14.0. The van der Waals surface area contributed by atoms with Crippen molar-refractivity contribution in [1.29, 1.82) is 0 Å². The van der Waals surface area contributed by atoms with Gasteiger partial charge in [-0.3, -0.25) is 4.79 Å². The van der Waals surface area contributed by atoms with E-state index in [1.807, 2.05) is 13.8 Å². The Morgan fingerprint density at radius 3 is 2.75 bits per heavy atom. The first-order chi connectivity index (χ1) is 13.3. The van der Waals surface area contributed by atoms with E-state index in [-0.39, 0.29) is 18.3 Å². The molecule has 0 spiro atoms. The topological polar surface area (TPSA) is 81.9 Å². The molecule has 0 aliphatic carbocycles. The highest BCUT2D eigenvalue weighted by atomic mass is 79.9. The van der Waals surface area contributed by atoms with E-state index in [1.54, 1.807) is 28.9 Å². The molecule has 0 saturated carbocycles. The van der Waals surface area contributed by atoms with E-state index in [4.69, 9.17) is 4.74 Å². The van der Waals surface area contributed by atoms with Crippen molar-refractivity contribution in [3.63, 3.8) is 0 Å². The summed E-state index contributed by atoms with van der Waals surface area (Å²) in [6.07, 6.45) is 0. The monoisotopic (exact) mass is 445 g/mol. The molecule has 1 amide bonds. The van der Waals surface area contributed by atoms with E-state index >= 15 is 0 Å². The maximum absolute atomic E-state index is 14.0. The van der Waals surface area contributed by atoms with Gasteiger partial charge in [0.2, 0.25) is 11.8 Å². The first kappa shape index (κ1) is 18.5. The molecule has 0 bridgehead atoms. The molecule has 0 atom stereocenters. The van der Waals surface area contributed by atoms with Crippen LogP contribution in [-0.4, -0.2) is 32.8 Å². The Balaban J connectivity index is 1.75. The number of hydrogen-bond donors (Lipinski definition) is 1. The maximum Gasteiger partial charge on any atom is 0.235 e. The number of carbonyl (C=O) groups is 1. The van der Waals surface area contributed by atoms with Crippen molar-refractivity contribution >= 4 is 27.7 Å². The molecule has 9 heteroatoms. The quantitative estimate of drug-likeness (QED) is 0.621. The van der Waals surface area contributed by atoms with Crippen molar-refractivity contribution in [2.24, 2.45) is 0 Å². The Kier molecular flexibility index (Phi) is 4.41. The van der Waals surface area contributed by atoms with Gasteiger partial charge in [0.1, 0.15) is 21.9 Å². The molecular weight excluding hydrogens is 429 g/mol. The van der Waals surface area contributed by atoms with Crippen LogP contribution in [0.25, 0.3) is 11.5 Å². The molecule has 0 unspecified atom stereocenters. The number of nitrogens with zero attached hydrogens (tertiary/aromatic N) is 4. The molecule has 28 heavy (non-hydrogen) atoms. The summed E-state index contributed by atoms with van der Waals surface area (Å²) >= 11 is 3.45. The number of amides is 1. The predicted octanol–water partition coefficient (Wildman–Crippen LogP) is 3.53. The van der Waals surface area contributed by atoms with Crippen LogP contribution in [-0.2, 0) is 16.8 Å². The predicted molar refractivity (Wildman–Crippen MR) is 105 cm³/mol. The zero-order valence-electron chi connectivity index (χ0n) is 15.5. The van der Waals surface area contributed by atoms with Crippen molar-refractivity contribution in [1.82, 2.24) is 19.7 Å². The summed E-state index contributed by atoms with van der Waals surface area (Å²) in [6.45, 7) is 3.83. The highest BCUT2D eigenvalue weighted by Gasteiger charge is 2.42. The second-order valence-corrected chi connectivity index (χ2v) is 7.71. The molecule has 3 aromatic rings. The molecule has 144 valence electrons. The minimum Gasteiger partial charge on any atom is -0.481 e. The Labute approximate surface area is 169 Å². The van der Waals surface area contributed by atoms with Crippen molar-refractivity contribution in [2.45, 2.75) is 25.8 Å². The van der Waals surface area contributed by atoms with Crippen LogP contribution in [0, 0.1) is 5.82 Å². The van der Waals surface area contributed by atoms with Crippen LogP contribution in [0.4, 0.5) is 10.2 Å². The van der Waals surface area contributed by atoms with Crippen LogP contribution in [0.15, 0.2) is 34.9 Å². The first-order valence-electron chi connectivity index (χ1n) is 8.56. The van der Waals surface area contributed by atoms with Crippen LogP contribution >= 0.6 is 15.9 Å². The van der Waals surface area contributed by atoms with Crippen LogP contribution in [0.2, 0.25) is 0 Å². The number of anilines is 1. The highest BCUT2D eigenvalue weighted by Crippen LogP contribution is 2.41. The van der Waals surface area contributed by atoms with Gasteiger partial charge in [0.05, 0.1) is 19.1 Å². The number of hydrogen-bond acceptors (Lipinski definition) is 5. The fraction of sp³-hybridized carbons (Fsp3) is 0.263. The molecule has 1 aliphatic rings. The lowest BCUT2D eigenvalue weighted by atomic mass is 9.88. The molecule has 2 aromatic heterocycles. The SMILES string of the molecule is COc1cc(-c2nc(Br)c3c(n2)NC(=O)C3(C)C)nn1Cc1ccccc1F. The molecule has 7 nitrogen and oxygen atoms in total. The van der Waals surface area contributed by atoms with E-state index in [1.165, 1.54) is 13.2 Å². The minimum absolute atomic E-state index is 0.141. The van der Waals surface area contributed by atoms with Crippen molar-refractivity contribution in [2.75, 3.05) is 12.4 Å². The number of carbonyl (C=O) groups excluding carboxylic acids is 1. The van der Waals surface area contributed by atoms with Crippen LogP contribution in [0.5, 0.6) is 5.88 Å². The smallest absolute Gasteiger partial charge is 0.235 e. The molecule has 3 heterocycles. The van der Waals surface area contributed by atoms with Crippen LogP contribution in [0.1, 0.15) is 25.0 Å². The average molecular weight is 446 g/mol. The van der Waals surface area contributed by atoms with E-state index in [0.717, 1.165) is 0 Å². The number of aromatic nitrogens is 4. The summed E-state index contributed by atoms with van der Waals surface area (Å²) in [5, 5.41) is 7.26. The van der Waals surface area contributed by atoms with Gasteiger partial charge in [-0.15, -0.1) is 0 Å². The standard InChI is InChI=1S/C19H17BrFN5O2/c1-19(2)14-15(20)22-16(23-17(14)24-18(19)27)12-8-13(28-3)26(25-12)9-10-6-4-5-7-11(10)21/h4-8H,9H2,1-3H3,(H,22,23,24,27). The molecule has 0 saturated heterocycles. The fourth-order valence-electron chi connectivity index (χ4n) is 3.14. The lowest BCUT2D eigenvalue weighted by Gasteiger charge is -2.15. The largest absolute Gasteiger partial charge is 0.481 e. The summed E-state index contributed by atoms with van der Waals surface area (Å²) in [4.78, 5) is 21.1. The van der Waals surface area contributed by atoms with Crippen LogP contribution < -0.4 is 10.1 Å². The number of nitrogens with one attached hydrogen (secondary N) is 1. The third-order valence-electron chi connectivity index (χ3n) is 4.75. The molecule has 4 rings (SSSR count). The Bertz CT molecular complexity index is 1100. The van der Waals surface area contributed by atoms with Crippen molar-refractivity contribution in [3.8, 4) is 17.4 Å². The van der Waals surface area contributed by atoms with Gasteiger partial charge < -0.3 is 10.1 Å². The summed E-state index contributed by atoms with van der Waals surface area (Å²) < 4.78 is 21.4. The van der Waals surface area contributed by atoms with Crippen molar-refractivity contribution < 1.29 is 13.9 Å². The molecule has 1 N–H and O–H groups in total. The van der Waals surface area contributed by atoms with E-state index < -0.39 is 5.41 Å². The Morgan fingerprint density at radius 2 is 2.04 bits per heavy atom. The molecule has 0 radical (unpaired) electrons.